The monoisotopic (exact) mass is 313 g/mol. The van der Waals surface area contributed by atoms with Crippen molar-refractivity contribution < 1.29 is 4.74 Å². The summed E-state index contributed by atoms with van der Waals surface area (Å²) in [7, 11) is 0. The first kappa shape index (κ1) is 13.9. The minimum absolute atomic E-state index is 0.257. The highest BCUT2D eigenvalue weighted by Gasteiger charge is 2.10. The molecule has 0 spiro atoms. The third-order valence-corrected chi connectivity index (χ3v) is 3.63. The molecule has 0 radical (unpaired) electrons. The average Bonchev–Trinajstić information content (AvgIpc) is 2.49. The summed E-state index contributed by atoms with van der Waals surface area (Å²) in [6, 6.07) is 19.2. The van der Waals surface area contributed by atoms with Crippen LogP contribution in [0.1, 0.15) is 5.56 Å². The molecule has 0 aliphatic heterocycles. The largest absolute Gasteiger partial charge is 0.456 e. The predicted octanol–water partition coefficient (Wildman–Crippen LogP) is 4.92. The van der Waals surface area contributed by atoms with Crippen LogP contribution < -0.4 is 10.5 Å². The molecule has 0 saturated carbocycles. The molecule has 0 saturated heterocycles. The van der Waals surface area contributed by atoms with Crippen molar-refractivity contribution in [2.45, 2.75) is 0 Å². The molecule has 3 aromatic carbocycles. The van der Waals surface area contributed by atoms with Crippen LogP contribution in [0.4, 0.5) is 0 Å². The van der Waals surface area contributed by atoms with E-state index in [1.807, 2.05) is 42.5 Å². The maximum absolute atomic E-state index is 6.01. The van der Waals surface area contributed by atoms with Crippen molar-refractivity contribution in [3.8, 4) is 11.5 Å². The van der Waals surface area contributed by atoms with E-state index in [0.717, 1.165) is 16.5 Å². The second-order valence-electron chi connectivity index (χ2n) is 4.58. The van der Waals surface area contributed by atoms with Gasteiger partial charge in [-0.1, -0.05) is 60.2 Å². The van der Waals surface area contributed by atoms with Gasteiger partial charge in [-0.15, -0.1) is 0 Å². The van der Waals surface area contributed by atoms with Gasteiger partial charge in [0.05, 0.1) is 5.56 Å². The van der Waals surface area contributed by atoms with Gasteiger partial charge >= 0.3 is 0 Å². The standard InChI is InChI=1S/C17H12ClNOS/c18-12-8-9-16(14(10-12)17(19)21)20-15-7-3-5-11-4-1-2-6-13(11)15/h1-10H,(H2,19,21). The number of halogens is 1. The lowest BCUT2D eigenvalue weighted by Gasteiger charge is -2.12. The summed E-state index contributed by atoms with van der Waals surface area (Å²) < 4.78 is 6.01. The number of rotatable bonds is 3. The zero-order chi connectivity index (χ0) is 14.8. The molecular formula is C17H12ClNOS. The first-order chi connectivity index (χ1) is 10.1. The Morgan fingerprint density at radius 1 is 0.952 bits per heavy atom. The minimum atomic E-state index is 0.257. The summed E-state index contributed by atoms with van der Waals surface area (Å²) in [5, 5.41) is 2.72. The van der Waals surface area contributed by atoms with E-state index in [-0.39, 0.29) is 4.99 Å². The van der Waals surface area contributed by atoms with E-state index >= 15 is 0 Å². The molecule has 0 amide bonds. The molecule has 0 aliphatic rings. The van der Waals surface area contributed by atoms with Crippen LogP contribution in [0.5, 0.6) is 11.5 Å². The van der Waals surface area contributed by atoms with Crippen molar-refractivity contribution in [2.75, 3.05) is 0 Å². The zero-order valence-corrected chi connectivity index (χ0v) is 12.6. The van der Waals surface area contributed by atoms with E-state index in [0.29, 0.717) is 16.3 Å². The Labute approximate surface area is 133 Å². The predicted molar refractivity (Wildman–Crippen MR) is 91.4 cm³/mol. The van der Waals surface area contributed by atoms with Gasteiger partial charge in [-0.05, 0) is 29.7 Å². The molecule has 0 bridgehead atoms. The molecule has 0 atom stereocenters. The van der Waals surface area contributed by atoms with Crippen molar-refractivity contribution in [3.63, 3.8) is 0 Å². The fourth-order valence-electron chi connectivity index (χ4n) is 2.19. The van der Waals surface area contributed by atoms with Gasteiger partial charge in [-0.3, -0.25) is 0 Å². The average molecular weight is 314 g/mol. The van der Waals surface area contributed by atoms with Gasteiger partial charge in [-0.25, -0.2) is 0 Å². The fraction of sp³-hybridized carbons (Fsp3) is 0. The highest BCUT2D eigenvalue weighted by Crippen LogP contribution is 2.32. The number of hydrogen-bond donors (Lipinski definition) is 1. The van der Waals surface area contributed by atoms with E-state index in [1.54, 1.807) is 18.2 Å². The third-order valence-electron chi connectivity index (χ3n) is 3.18. The Morgan fingerprint density at radius 2 is 1.71 bits per heavy atom. The maximum atomic E-state index is 6.01. The SMILES string of the molecule is NC(=S)c1cc(Cl)ccc1Oc1cccc2ccccc12. The molecule has 3 aromatic rings. The van der Waals surface area contributed by atoms with Crippen LogP contribution in [0.25, 0.3) is 10.8 Å². The first-order valence-corrected chi connectivity index (χ1v) is 7.19. The summed E-state index contributed by atoms with van der Waals surface area (Å²) in [4.78, 5) is 0.257. The highest BCUT2D eigenvalue weighted by molar-refractivity contribution is 7.80. The molecule has 0 aromatic heterocycles. The van der Waals surface area contributed by atoms with Gasteiger partial charge in [0.25, 0.3) is 0 Å². The van der Waals surface area contributed by atoms with Gasteiger partial charge in [-0.2, -0.15) is 0 Å². The van der Waals surface area contributed by atoms with Crippen LogP contribution in [-0.4, -0.2) is 4.99 Å². The Bertz CT molecular complexity index is 827. The summed E-state index contributed by atoms with van der Waals surface area (Å²) in [5.41, 5.74) is 6.37. The number of thiocarbonyl (C=S) groups is 1. The lowest BCUT2D eigenvalue weighted by atomic mass is 10.1. The van der Waals surface area contributed by atoms with E-state index in [9.17, 15) is 0 Å². The number of ether oxygens (including phenoxy) is 1. The Kier molecular flexibility index (Phi) is 3.78. The van der Waals surface area contributed by atoms with Crippen molar-refractivity contribution in [1.82, 2.24) is 0 Å². The van der Waals surface area contributed by atoms with E-state index < -0.39 is 0 Å². The molecule has 104 valence electrons. The lowest BCUT2D eigenvalue weighted by molar-refractivity contribution is 0.487. The van der Waals surface area contributed by atoms with E-state index in [4.69, 9.17) is 34.3 Å². The summed E-state index contributed by atoms with van der Waals surface area (Å²) >= 11 is 11.0. The van der Waals surface area contributed by atoms with E-state index in [1.165, 1.54) is 0 Å². The molecule has 0 heterocycles. The topological polar surface area (TPSA) is 35.2 Å². The lowest BCUT2D eigenvalue weighted by Crippen LogP contribution is -2.10. The van der Waals surface area contributed by atoms with Crippen LogP contribution in [0.15, 0.2) is 60.7 Å². The summed E-state index contributed by atoms with van der Waals surface area (Å²) in [6.45, 7) is 0. The summed E-state index contributed by atoms with van der Waals surface area (Å²) in [6.07, 6.45) is 0. The number of benzene rings is 3. The molecule has 2 N–H and O–H groups in total. The minimum Gasteiger partial charge on any atom is -0.456 e. The van der Waals surface area contributed by atoms with E-state index in [2.05, 4.69) is 0 Å². The third kappa shape index (κ3) is 2.84. The molecular weight excluding hydrogens is 302 g/mol. The number of hydrogen-bond acceptors (Lipinski definition) is 2. The van der Waals surface area contributed by atoms with Crippen LogP contribution in [0, 0.1) is 0 Å². The normalized spacial score (nSPS) is 10.5. The fourth-order valence-corrected chi connectivity index (χ4v) is 2.52. The number of fused-ring (bicyclic) bond motifs is 1. The van der Waals surface area contributed by atoms with Crippen LogP contribution in [-0.2, 0) is 0 Å². The quantitative estimate of drug-likeness (QED) is 0.697. The van der Waals surface area contributed by atoms with Crippen LogP contribution in [0.3, 0.4) is 0 Å². The zero-order valence-electron chi connectivity index (χ0n) is 11.0. The van der Waals surface area contributed by atoms with Gasteiger partial charge in [0.1, 0.15) is 16.5 Å². The molecule has 0 unspecified atom stereocenters. The number of nitrogens with two attached hydrogens (primary N) is 1. The Morgan fingerprint density at radius 3 is 2.52 bits per heavy atom. The Hall–Kier alpha value is -2.10. The van der Waals surface area contributed by atoms with Crippen molar-refractivity contribution >= 4 is 39.6 Å². The van der Waals surface area contributed by atoms with Gasteiger partial charge in [0.2, 0.25) is 0 Å². The van der Waals surface area contributed by atoms with Gasteiger partial charge < -0.3 is 10.5 Å². The molecule has 4 heteroatoms. The van der Waals surface area contributed by atoms with Crippen LogP contribution in [0.2, 0.25) is 5.02 Å². The van der Waals surface area contributed by atoms with Gasteiger partial charge in [0.15, 0.2) is 0 Å². The molecule has 0 fully saturated rings. The van der Waals surface area contributed by atoms with Crippen molar-refractivity contribution in [1.29, 1.82) is 0 Å². The molecule has 2 nitrogen and oxygen atoms in total. The van der Waals surface area contributed by atoms with Crippen molar-refractivity contribution in [2.24, 2.45) is 5.73 Å². The molecule has 0 aliphatic carbocycles. The summed E-state index contributed by atoms with van der Waals surface area (Å²) in [5.74, 6) is 1.36. The Balaban J connectivity index is 2.09. The second kappa shape index (κ2) is 5.72. The maximum Gasteiger partial charge on any atom is 0.137 e. The first-order valence-electron chi connectivity index (χ1n) is 6.40. The smallest absolute Gasteiger partial charge is 0.137 e. The van der Waals surface area contributed by atoms with Crippen LogP contribution >= 0.6 is 23.8 Å². The molecule has 3 rings (SSSR count). The van der Waals surface area contributed by atoms with Crippen molar-refractivity contribution in [3.05, 3.63) is 71.2 Å². The van der Waals surface area contributed by atoms with Gasteiger partial charge in [0, 0.05) is 10.4 Å². The highest BCUT2D eigenvalue weighted by atomic mass is 35.5. The second-order valence-corrected chi connectivity index (χ2v) is 5.46. The molecule has 21 heavy (non-hydrogen) atoms.